The van der Waals surface area contributed by atoms with E-state index < -0.39 is 11.6 Å². The van der Waals surface area contributed by atoms with Gasteiger partial charge in [0.05, 0.1) is 5.69 Å². The summed E-state index contributed by atoms with van der Waals surface area (Å²) in [6.07, 6.45) is 3.32. The van der Waals surface area contributed by atoms with Gasteiger partial charge >= 0.3 is 0 Å². The lowest BCUT2D eigenvalue weighted by atomic mass is 9.84. The third-order valence-corrected chi connectivity index (χ3v) is 6.89. The third-order valence-electron chi connectivity index (χ3n) is 6.89. The van der Waals surface area contributed by atoms with Crippen LogP contribution in [0.25, 0.3) is 0 Å². The fourth-order valence-electron chi connectivity index (χ4n) is 4.65. The number of nitrogens with zero attached hydrogens (tertiary/aromatic N) is 5. The molecule has 1 N–H and O–H groups in total. The van der Waals surface area contributed by atoms with Crippen molar-refractivity contribution in [3.63, 3.8) is 0 Å². The van der Waals surface area contributed by atoms with E-state index in [-0.39, 0.29) is 29.9 Å². The van der Waals surface area contributed by atoms with Crippen LogP contribution in [-0.2, 0) is 4.79 Å². The van der Waals surface area contributed by atoms with E-state index in [1.807, 2.05) is 9.80 Å². The Labute approximate surface area is 212 Å². The Hall–Kier alpha value is -1.69. The van der Waals surface area contributed by atoms with Gasteiger partial charge in [0.15, 0.2) is 5.96 Å². The number of carbonyl (C=O) groups excluding carboxylic acids is 1. The molecule has 1 aliphatic carbocycles. The molecule has 1 amide bonds. The molecule has 10 heteroatoms. The van der Waals surface area contributed by atoms with Crippen molar-refractivity contribution in [1.29, 1.82) is 0 Å². The second kappa shape index (κ2) is 12.1. The van der Waals surface area contributed by atoms with E-state index in [4.69, 9.17) is 0 Å². The van der Waals surface area contributed by atoms with Crippen molar-refractivity contribution in [2.75, 3.05) is 77.4 Å². The van der Waals surface area contributed by atoms with Gasteiger partial charge in [0.25, 0.3) is 0 Å². The average Bonchev–Trinajstić information content (AvgIpc) is 2.78. The normalized spacial score (nSPS) is 20.3. The molecule has 0 bridgehead atoms. The van der Waals surface area contributed by atoms with Crippen LogP contribution in [0.5, 0.6) is 0 Å². The first-order chi connectivity index (χ1) is 15.5. The first kappa shape index (κ1) is 25.9. The van der Waals surface area contributed by atoms with Gasteiger partial charge in [-0.05, 0) is 25.0 Å². The maximum Gasteiger partial charge on any atom is 0.225 e. The molecule has 3 aliphatic rings. The molecule has 2 saturated heterocycles. The highest BCUT2D eigenvalue weighted by Crippen LogP contribution is 2.28. The largest absolute Gasteiger partial charge is 0.366 e. The quantitative estimate of drug-likeness (QED) is 0.331. The number of nitrogens with one attached hydrogen (secondary N) is 1. The number of amides is 1. The highest BCUT2D eigenvalue weighted by Gasteiger charge is 2.31. The highest BCUT2D eigenvalue weighted by molar-refractivity contribution is 14.0. The molecule has 7 nitrogen and oxygen atoms in total. The summed E-state index contributed by atoms with van der Waals surface area (Å²) >= 11 is 0. The molecule has 184 valence electrons. The molecule has 0 spiro atoms. The predicted molar refractivity (Wildman–Crippen MR) is 137 cm³/mol. The Morgan fingerprint density at radius 1 is 1.03 bits per heavy atom. The van der Waals surface area contributed by atoms with Crippen LogP contribution in [0.1, 0.15) is 19.3 Å². The van der Waals surface area contributed by atoms with E-state index in [0.29, 0.717) is 37.8 Å². The van der Waals surface area contributed by atoms with Crippen molar-refractivity contribution in [2.24, 2.45) is 10.9 Å². The van der Waals surface area contributed by atoms with Crippen LogP contribution in [-0.4, -0.2) is 99.1 Å². The van der Waals surface area contributed by atoms with Crippen molar-refractivity contribution >= 4 is 41.5 Å². The number of hydrogen-bond acceptors (Lipinski definition) is 4. The van der Waals surface area contributed by atoms with E-state index >= 15 is 0 Å². The molecule has 33 heavy (non-hydrogen) atoms. The van der Waals surface area contributed by atoms with Gasteiger partial charge in [0.2, 0.25) is 5.91 Å². The van der Waals surface area contributed by atoms with Gasteiger partial charge < -0.3 is 20.0 Å². The number of hydrogen-bond donors (Lipinski definition) is 1. The summed E-state index contributed by atoms with van der Waals surface area (Å²) in [7, 11) is 1.77. The summed E-state index contributed by atoms with van der Waals surface area (Å²) in [6, 6.07) is 3.59. The van der Waals surface area contributed by atoms with Crippen LogP contribution in [0.3, 0.4) is 0 Å². The van der Waals surface area contributed by atoms with Crippen LogP contribution in [0.4, 0.5) is 14.5 Å². The predicted octanol–water partition coefficient (Wildman–Crippen LogP) is 2.22. The Bertz CT molecular complexity index is 821. The molecule has 1 saturated carbocycles. The first-order valence-electron chi connectivity index (χ1n) is 11.7. The van der Waals surface area contributed by atoms with Gasteiger partial charge in [-0.2, -0.15) is 0 Å². The number of halogens is 3. The van der Waals surface area contributed by atoms with Crippen molar-refractivity contribution in [3.8, 4) is 0 Å². The molecule has 3 fully saturated rings. The molecule has 2 aliphatic heterocycles. The number of aliphatic imine (C=N–C) groups is 1. The van der Waals surface area contributed by atoms with E-state index in [2.05, 4.69) is 20.1 Å². The first-order valence-corrected chi connectivity index (χ1v) is 11.7. The maximum atomic E-state index is 14.1. The lowest BCUT2D eigenvalue weighted by Crippen LogP contribution is -2.55. The summed E-state index contributed by atoms with van der Waals surface area (Å²) in [4.78, 5) is 25.2. The van der Waals surface area contributed by atoms with Crippen LogP contribution >= 0.6 is 24.0 Å². The number of guanidine groups is 1. The van der Waals surface area contributed by atoms with Gasteiger partial charge in [0, 0.05) is 84.5 Å². The zero-order valence-electron chi connectivity index (χ0n) is 19.3. The monoisotopic (exact) mass is 576 g/mol. The lowest BCUT2D eigenvalue weighted by Gasteiger charge is -2.39. The van der Waals surface area contributed by atoms with Gasteiger partial charge in [-0.25, -0.2) is 8.78 Å². The Balaban J connectivity index is 0.00000306. The molecule has 0 atom stereocenters. The molecular weight excluding hydrogens is 541 g/mol. The van der Waals surface area contributed by atoms with E-state index in [1.54, 1.807) is 7.05 Å². The molecule has 2 heterocycles. The van der Waals surface area contributed by atoms with Crippen LogP contribution in [0, 0.1) is 17.6 Å². The highest BCUT2D eigenvalue weighted by atomic mass is 127. The number of benzene rings is 1. The van der Waals surface area contributed by atoms with E-state index in [0.717, 1.165) is 64.1 Å². The summed E-state index contributed by atoms with van der Waals surface area (Å²) < 4.78 is 27.6. The molecule has 0 aromatic heterocycles. The molecule has 1 aromatic carbocycles. The van der Waals surface area contributed by atoms with Crippen molar-refractivity contribution in [2.45, 2.75) is 19.3 Å². The van der Waals surface area contributed by atoms with Gasteiger partial charge in [-0.15, -0.1) is 24.0 Å². The smallest absolute Gasteiger partial charge is 0.225 e. The second-order valence-corrected chi connectivity index (χ2v) is 8.84. The minimum Gasteiger partial charge on any atom is -0.366 e. The van der Waals surface area contributed by atoms with Crippen molar-refractivity contribution in [3.05, 3.63) is 29.8 Å². The number of piperazine rings is 2. The minimum atomic E-state index is -0.422. The summed E-state index contributed by atoms with van der Waals surface area (Å²) in [6.45, 7) is 7.75. The minimum absolute atomic E-state index is 0. The van der Waals surface area contributed by atoms with Crippen molar-refractivity contribution < 1.29 is 13.6 Å². The third kappa shape index (κ3) is 6.46. The fraction of sp³-hybridized carbons (Fsp3) is 0.652. The molecular formula is C23H35F2IN6O. The van der Waals surface area contributed by atoms with Gasteiger partial charge in [0.1, 0.15) is 11.6 Å². The molecule has 0 radical (unpaired) electrons. The zero-order chi connectivity index (χ0) is 22.5. The number of carbonyl (C=O) groups is 1. The molecule has 0 unspecified atom stereocenters. The number of rotatable bonds is 5. The van der Waals surface area contributed by atoms with Crippen molar-refractivity contribution in [1.82, 2.24) is 20.0 Å². The Morgan fingerprint density at radius 2 is 1.70 bits per heavy atom. The summed E-state index contributed by atoms with van der Waals surface area (Å²) in [5, 5.41) is 3.43. The van der Waals surface area contributed by atoms with Crippen LogP contribution < -0.4 is 10.2 Å². The average molecular weight is 576 g/mol. The standard InChI is InChI=1S/C23H34F2N6O.HI/c1-26-23(31-15-13-29(14-16-31)21-17-19(24)5-6-20(21)25)27-7-8-28-9-11-30(12-10-28)22(32)18-3-2-4-18;/h5-6,17-18H,2-4,7-16H2,1H3,(H,26,27);1H. The van der Waals surface area contributed by atoms with E-state index in [9.17, 15) is 13.6 Å². The zero-order valence-corrected chi connectivity index (χ0v) is 21.6. The lowest BCUT2D eigenvalue weighted by molar-refractivity contribution is -0.139. The topological polar surface area (TPSA) is 54.4 Å². The van der Waals surface area contributed by atoms with Gasteiger partial charge in [-0.3, -0.25) is 14.7 Å². The second-order valence-electron chi connectivity index (χ2n) is 8.84. The summed E-state index contributed by atoms with van der Waals surface area (Å²) in [5.74, 6) is 0.658. The molecule has 1 aromatic rings. The fourth-order valence-corrected chi connectivity index (χ4v) is 4.65. The van der Waals surface area contributed by atoms with E-state index in [1.165, 1.54) is 18.6 Å². The molecule has 4 rings (SSSR count). The van der Waals surface area contributed by atoms with Gasteiger partial charge in [-0.1, -0.05) is 6.42 Å². The van der Waals surface area contributed by atoms with Crippen LogP contribution in [0.2, 0.25) is 0 Å². The Kier molecular flexibility index (Phi) is 9.54. The summed E-state index contributed by atoms with van der Waals surface area (Å²) in [5.41, 5.74) is 0.322. The maximum absolute atomic E-state index is 14.1. The Morgan fingerprint density at radius 3 is 2.30 bits per heavy atom. The van der Waals surface area contributed by atoms with Crippen LogP contribution in [0.15, 0.2) is 23.2 Å². The number of anilines is 1. The SMILES string of the molecule is CN=C(NCCN1CCN(C(=O)C2CCC2)CC1)N1CCN(c2cc(F)ccc2F)CC1.I.